The van der Waals surface area contributed by atoms with Crippen LogP contribution in [0, 0.1) is 0 Å². The van der Waals surface area contributed by atoms with Crippen molar-refractivity contribution in [3.63, 3.8) is 0 Å². The fourth-order valence-electron chi connectivity index (χ4n) is 2.65. The summed E-state index contributed by atoms with van der Waals surface area (Å²) in [5, 5.41) is 12.5. The van der Waals surface area contributed by atoms with E-state index in [0.29, 0.717) is 28.2 Å². The minimum atomic E-state index is -0.282. The number of halogens is 2. The zero-order valence-electron chi connectivity index (χ0n) is 15.9. The predicted molar refractivity (Wildman–Crippen MR) is 120 cm³/mol. The molecule has 0 saturated carbocycles. The van der Waals surface area contributed by atoms with Crippen LogP contribution in [0.25, 0.3) is 0 Å². The van der Waals surface area contributed by atoms with E-state index in [0.717, 1.165) is 10.2 Å². The van der Waals surface area contributed by atoms with Gasteiger partial charge in [-0.2, -0.15) is 0 Å². The minimum absolute atomic E-state index is 0.158. The molecule has 0 bridgehead atoms. The van der Waals surface area contributed by atoms with Gasteiger partial charge in [0.25, 0.3) is 0 Å². The SMILES string of the molecule is CCn1c(SCC(=O)Nc2ccccc2Cl)nnc1C(C)Oc1ccc(Br)cc1. The van der Waals surface area contributed by atoms with Crippen LogP contribution < -0.4 is 10.1 Å². The molecular weight excluding hydrogens is 476 g/mol. The van der Waals surface area contributed by atoms with Crippen LogP contribution in [-0.4, -0.2) is 26.4 Å². The van der Waals surface area contributed by atoms with Crippen molar-refractivity contribution in [2.45, 2.75) is 31.7 Å². The van der Waals surface area contributed by atoms with Crippen molar-refractivity contribution in [3.05, 3.63) is 63.9 Å². The number of para-hydroxylation sites is 1. The van der Waals surface area contributed by atoms with Crippen LogP contribution in [0.5, 0.6) is 5.75 Å². The number of nitrogens with zero attached hydrogens (tertiary/aromatic N) is 3. The van der Waals surface area contributed by atoms with Crippen LogP contribution in [0.4, 0.5) is 5.69 Å². The highest BCUT2D eigenvalue weighted by atomic mass is 79.9. The summed E-state index contributed by atoms with van der Waals surface area (Å²) in [5.41, 5.74) is 0.592. The van der Waals surface area contributed by atoms with Gasteiger partial charge in [0.15, 0.2) is 17.1 Å². The van der Waals surface area contributed by atoms with Gasteiger partial charge < -0.3 is 14.6 Å². The number of hydrogen-bond acceptors (Lipinski definition) is 5. The number of rotatable bonds is 8. The molecule has 0 aliphatic heterocycles. The average Bonchev–Trinajstić information content (AvgIpc) is 3.13. The van der Waals surface area contributed by atoms with E-state index in [2.05, 4.69) is 31.4 Å². The number of benzene rings is 2. The van der Waals surface area contributed by atoms with Gasteiger partial charge >= 0.3 is 0 Å². The monoisotopic (exact) mass is 494 g/mol. The third-order valence-electron chi connectivity index (χ3n) is 4.03. The van der Waals surface area contributed by atoms with Crippen molar-refractivity contribution in [3.8, 4) is 5.75 Å². The number of ether oxygens (including phenoxy) is 1. The van der Waals surface area contributed by atoms with Crippen molar-refractivity contribution in [1.82, 2.24) is 14.8 Å². The molecule has 0 saturated heterocycles. The first-order valence-electron chi connectivity index (χ1n) is 9.00. The summed E-state index contributed by atoms with van der Waals surface area (Å²) in [4.78, 5) is 12.3. The maximum Gasteiger partial charge on any atom is 0.234 e. The van der Waals surface area contributed by atoms with Gasteiger partial charge in [0.1, 0.15) is 5.75 Å². The van der Waals surface area contributed by atoms with Crippen LogP contribution in [0.2, 0.25) is 5.02 Å². The molecule has 0 fully saturated rings. The zero-order chi connectivity index (χ0) is 20.8. The molecule has 9 heteroatoms. The van der Waals surface area contributed by atoms with Crippen LogP contribution in [0.1, 0.15) is 25.8 Å². The Kier molecular flexibility index (Phi) is 7.57. The molecule has 1 heterocycles. The molecule has 1 amide bonds. The van der Waals surface area contributed by atoms with E-state index < -0.39 is 0 Å². The molecule has 1 atom stereocenters. The summed E-state index contributed by atoms with van der Waals surface area (Å²) in [6.07, 6.45) is -0.282. The molecule has 1 unspecified atom stereocenters. The number of thioether (sulfide) groups is 1. The molecular formula is C20H20BrClN4O2S. The largest absolute Gasteiger partial charge is 0.483 e. The first-order chi connectivity index (χ1) is 14.0. The normalized spacial score (nSPS) is 11.9. The zero-order valence-corrected chi connectivity index (χ0v) is 19.1. The lowest BCUT2D eigenvalue weighted by atomic mass is 10.3. The molecule has 0 radical (unpaired) electrons. The smallest absolute Gasteiger partial charge is 0.234 e. The highest BCUT2D eigenvalue weighted by molar-refractivity contribution is 9.10. The predicted octanol–water partition coefficient (Wildman–Crippen LogP) is 5.58. The maximum absolute atomic E-state index is 12.3. The number of amides is 1. The highest BCUT2D eigenvalue weighted by Gasteiger charge is 2.19. The Morgan fingerprint density at radius 2 is 1.97 bits per heavy atom. The third kappa shape index (κ3) is 5.74. The van der Waals surface area contributed by atoms with Gasteiger partial charge in [-0.05, 0) is 50.2 Å². The first-order valence-corrected chi connectivity index (χ1v) is 11.2. The summed E-state index contributed by atoms with van der Waals surface area (Å²) < 4.78 is 8.93. The molecule has 2 aromatic carbocycles. The fraction of sp³-hybridized carbons (Fsp3) is 0.250. The van der Waals surface area contributed by atoms with E-state index in [4.69, 9.17) is 16.3 Å². The van der Waals surface area contributed by atoms with E-state index in [1.165, 1.54) is 11.8 Å². The first kappa shape index (κ1) is 21.7. The van der Waals surface area contributed by atoms with Gasteiger partial charge in [-0.3, -0.25) is 4.79 Å². The number of aromatic nitrogens is 3. The number of nitrogens with one attached hydrogen (secondary N) is 1. The van der Waals surface area contributed by atoms with E-state index in [1.807, 2.05) is 54.8 Å². The van der Waals surface area contributed by atoms with Gasteiger partial charge in [0.05, 0.1) is 16.5 Å². The Morgan fingerprint density at radius 1 is 1.24 bits per heavy atom. The molecule has 1 aromatic heterocycles. The summed E-state index contributed by atoms with van der Waals surface area (Å²) in [5.74, 6) is 1.50. The van der Waals surface area contributed by atoms with Gasteiger partial charge in [0.2, 0.25) is 5.91 Å². The lowest BCUT2D eigenvalue weighted by molar-refractivity contribution is -0.113. The molecule has 0 aliphatic rings. The van der Waals surface area contributed by atoms with Crippen molar-refractivity contribution in [2.75, 3.05) is 11.1 Å². The second-order valence-electron chi connectivity index (χ2n) is 6.12. The third-order valence-corrected chi connectivity index (χ3v) is 5.86. The summed E-state index contributed by atoms with van der Waals surface area (Å²) in [7, 11) is 0. The highest BCUT2D eigenvalue weighted by Crippen LogP contribution is 2.26. The topological polar surface area (TPSA) is 69.0 Å². The Balaban J connectivity index is 1.63. The van der Waals surface area contributed by atoms with Crippen molar-refractivity contribution >= 4 is 50.9 Å². The van der Waals surface area contributed by atoms with Crippen molar-refractivity contribution in [2.24, 2.45) is 0 Å². The average molecular weight is 496 g/mol. The summed E-state index contributed by atoms with van der Waals surface area (Å²) in [6, 6.07) is 14.8. The Hall–Kier alpha value is -2.03. The number of carbonyl (C=O) groups is 1. The van der Waals surface area contributed by atoms with E-state index >= 15 is 0 Å². The van der Waals surface area contributed by atoms with Gasteiger partial charge in [-0.1, -0.05) is 51.4 Å². The van der Waals surface area contributed by atoms with Crippen molar-refractivity contribution < 1.29 is 9.53 Å². The Bertz CT molecular complexity index is 981. The Morgan fingerprint density at radius 3 is 2.66 bits per heavy atom. The fourth-order valence-corrected chi connectivity index (χ4v) is 3.91. The molecule has 29 heavy (non-hydrogen) atoms. The molecule has 1 N–H and O–H groups in total. The lowest BCUT2D eigenvalue weighted by Crippen LogP contribution is -2.15. The standard InChI is InChI=1S/C20H20BrClN4O2S/c1-3-26-19(13(2)28-15-10-8-14(21)9-11-15)24-25-20(26)29-12-18(27)23-17-7-5-4-6-16(17)22/h4-11,13H,3,12H2,1-2H3,(H,23,27). The number of hydrogen-bond donors (Lipinski definition) is 1. The Labute approximate surface area is 187 Å². The van der Waals surface area contributed by atoms with E-state index in [1.54, 1.807) is 12.1 Å². The van der Waals surface area contributed by atoms with Gasteiger partial charge in [-0.25, -0.2) is 0 Å². The number of anilines is 1. The minimum Gasteiger partial charge on any atom is -0.483 e. The van der Waals surface area contributed by atoms with E-state index in [-0.39, 0.29) is 17.8 Å². The molecule has 3 rings (SSSR count). The summed E-state index contributed by atoms with van der Waals surface area (Å²) in [6.45, 7) is 4.61. The lowest BCUT2D eigenvalue weighted by Gasteiger charge is -2.15. The maximum atomic E-state index is 12.3. The van der Waals surface area contributed by atoms with E-state index in [9.17, 15) is 4.79 Å². The summed E-state index contributed by atoms with van der Waals surface area (Å²) >= 11 is 10.8. The van der Waals surface area contributed by atoms with Gasteiger partial charge in [-0.15, -0.1) is 10.2 Å². The van der Waals surface area contributed by atoms with Crippen LogP contribution in [0.15, 0.2) is 58.2 Å². The molecule has 6 nitrogen and oxygen atoms in total. The molecule has 3 aromatic rings. The molecule has 0 spiro atoms. The van der Waals surface area contributed by atoms with Crippen LogP contribution in [0.3, 0.4) is 0 Å². The van der Waals surface area contributed by atoms with Crippen LogP contribution in [-0.2, 0) is 11.3 Å². The second kappa shape index (κ2) is 10.1. The number of carbonyl (C=O) groups excluding carboxylic acids is 1. The quantitative estimate of drug-likeness (QED) is 0.413. The van der Waals surface area contributed by atoms with Crippen LogP contribution >= 0.6 is 39.3 Å². The van der Waals surface area contributed by atoms with Crippen molar-refractivity contribution in [1.29, 1.82) is 0 Å². The molecule has 152 valence electrons. The van der Waals surface area contributed by atoms with Gasteiger partial charge in [0, 0.05) is 11.0 Å². The molecule has 0 aliphatic carbocycles. The second-order valence-corrected chi connectivity index (χ2v) is 8.38.